The van der Waals surface area contributed by atoms with Crippen molar-refractivity contribution in [1.29, 1.82) is 0 Å². The molecule has 3 N–H and O–H groups in total. The lowest BCUT2D eigenvalue weighted by Crippen LogP contribution is -2.44. The van der Waals surface area contributed by atoms with Gasteiger partial charge in [0, 0.05) is 6.04 Å². The quantitative estimate of drug-likeness (QED) is 0.788. The fraction of sp³-hybridized carbons (Fsp3) is 0.643. The van der Waals surface area contributed by atoms with Crippen LogP contribution in [0.4, 0.5) is 4.79 Å². The molecule has 1 aromatic heterocycles. The molecule has 1 fully saturated rings. The molecule has 116 valence electrons. The number of nitrogens with one attached hydrogen (secondary N) is 2. The van der Waals surface area contributed by atoms with Crippen molar-refractivity contribution < 1.29 is 19.1 Å². The van der Waals surface area contributed by atoms with Gasteiger partial charge in [-0.15, -0.1) is 0 Å². The number of amides is 2. The zero-order chi connectivity index (χ0) is 15.4. The number of hydrogen-bond donors (Lipinski definition) is 3. The summed E-state index contributed by atoms with van der Waals surface area (Å²) in [5.41, 5.74) is 0. The predicted molar refractivity (Wildman–Crippen MR) is 74.7 cm³/mol. The van der Waals surface area contributed by atoms with E-state index in [0.29, 0.717) is 37.3 Å². The number of carbonyl (C=O) groups excluding carboxylic acids is 1. The highest BCUT2D eigenvalue weighted by molar-refractivity contribution is 5.74. The Morgan fingerprint density at radius 1 is 1.38 bits per heavy atom. The maximum atomic E-state index is 11.9. The molecule has 0 aromatic carbocycles. The Labute approximate surface area is 123 Å². The summed E-state index contributed by atoms with van der Waals surface area (Å²) in [4.78, 5) is 26.9. The van der Waals surface area contributed by atoms with Crippen LogP contribution in [0.15, 0.2) is 10.6 Å². The Balaban J connectivity index is 1.76. The number of carboxylic acids is 1. The van der Waals surface area contributed by atoms with Crippen molar-refractivity contribution >= 4 is 12.0 Å². The number of oxazole rings is 1. The third-order valence-electron chi connectivity index (χ3n) is 3.77. The summed E-state index contributed by atoms with van der Waals surface area (Å²) in [6.45, 7) is 3.59. The van der Waals surface area contributed by atoms with Crippen LogP contribution >= 0.6 is 0 Å². The monoisotopic (exact) mass is 295 g/mol. The number of aryl methyl sites for hydroxylation is 1. The van der Waals surface area contributed by atoms with Gasteiger partial charge in [0.05, 0.1) is 12.1 Å². The van der Waals surface area contributed by atoms with Crippen LogP contribution in [0, 0.1) is 12.8 Å². The van der Waals surface area contributed by atoms with Crippen molar-refractivity contribution in [3.8, 4) is 0 Å². The summed E-state index contributed by atoms with van der Waals surface area (Å²) in [7, 11) is 0. The number of nitrogens with zero attached hydrogens (tertiary/aromatic N) is 1. The lowest BCUT2D eigenvalue weighted by Gasteiger charge is -2.27. The summed E-state index contributed by atoms with van der Waals surface area (Å²) in [6, 6.07) is -0.565. The number of aliphatic carboxylic acids is 1. The lowest BCUT2D eigenvalue weighted by molar-refractivity contribution is -0.142. The van der Waals surface area contributed by atoms with E-state index in [-0.39, 0.29) is 24.0 Å². The van der Waals surface area contributed by atoms with Gasteiger partial charge in [-0.1, -0.05) is 0 Å². The van der Waals surface area contributed by atoms with Crippen LogP contribution in [0.2, 0.25) is 0 Å². The third-order valence-corrected chi connectivity index (χ3v) is 3.77. The smallest absolute Gasteiger partial charge is 0.315 e. The molecule has 7 nitrogen and oxygen atoms in total. The van der Waals surface area contributed by atoms with Crippen LogP contribution in [0.5, 0.6) is 0 Å². The van der Waals surface area contributed by atoms with Gasteiger partial charge in [-0.2, -0.15) is 0 Å². The van der Waals surface area contributed by atoms with E-state index in [2.05, 4.69) is 15.6 Å². The fourth-order valence-corrected chi connectivity index (χ4v) is 2.54. The minimum Gasteiger partial charge on any atom is -0.481 e. The van der Waals surface area contributed by atoms with E-state index in [1.165, 1.54) is 0 Å². The van der Waals surface area contributed by atoms with Gasteiger partial charge < -0.3 is 20.2 Å². The SMILES string of the molecule is Cc1cnc(C(C)NC(=O)NC2CCC(C(=O)O)CC2)o1. The van der Waals surface area contributed by atoms with Crippen LogP contribution in [-0.2, 0) is 4.79 Å². The summed E-state index contributed by atoms with van der Waals surface area (Å²) in [6.07, 6.45) is 4.20. The van der Waals surface area contributed by atoms with Gasteiger partial charge in [-0.3, -0.25) is 4.79 Å². The second-order valence-electron chi connectivity index (χ2n) is 5.54. The van der Waals surface area contributed by atoms with E-state index >= 15 is 0 Å². The van der Waals surface area contributed by atoms with E-state index in [9.17, 15) is 9.59 Å². The Morgan fingerprint density at radius 2 is 2.05 bits per heavy atom. The summed E-state index contributed by atoms with van der Waals surface area (Å²) in [5.74, 6) is 0.148. The predicted octanol–water partition coefficient (Wildman–Crippen LogP) is 1.99. The van der Waals surface area contributed by atoms with E-state index in [0.717, 1.165) is 0 Å². The van der Waals surface area contributed by atoms with Crippen molar-refractivity contribution in [3.05, 3.63) is 17.8 Å². The zero-order valence-corrected chi connectivity index (χ0v) is 12.3. The Bertz CT molecular complexity index is 506. The van der Waals surface area contributed by atoms with Gasteiger partial charge in [-0.05, 0) is 39.5 Å². The van der Waals surface area contributed by atoms with Crippen molar-refractivity contribution in [2.75, 3.05) is 0 Å². The van der Waals surface area contributed by atoms with E-state index in [1.807, 2.05) is 0 Å². The number of aromatic nitrogens is 1. The first-order chi connectivity index (χ1) is 9.95. The normalized spacial score (nSPS) is 23.3. The van der Waals surface area contributed by atoms with Crippen molar-refractivity contribution in [2.24, 2.45) is 5.92 Å². The second kappa shape index (κ2) is 6.60. The molecule has 0 bridgehead atoms. The van der Waals surface area contributed by atoms with Crippen molar-refractivity contribution in [1.82, 2.24) is 15.6 Å². The highest BCUT2D eigenvalue weighted by Crippen LogP contribution is 2.24. The standard InChI is InChI=1S/C14H21N3O4/c1-8-7-15-12(21-8)9(2)16-14(20)17-11-5-3-10(4-6-11)13(18)19/h7,9-11H,3-6H2,1-2H3,(H,18,19)(H2,16,17,20). The number of carbonyl (C=O) groups is 2. The van der Waals surface area contributed by atoms with Crippen LogP contribution < -0.4 is 10.6 Å². The van der Waals surface area contributed by atoms with E-state index in [1.54, 1.807) is 20.0 Å². The Kier molecular flexibility index (Phi) is 4.82. The zero-order valence-electron chi connectivity index (χ0n) is 12.3. The van der Waals surface area contributed by atoms with Crippen LogP contribution in [0.3, 0.4) is 0 Å². The van der Waals surface area contributed by atoms with Crippen molar-refractivity contribution in [3.63, 3.8) is 0 Å². The minimum absolute atomic E-state index is 0.0269. The lowest BCUT2D eigenvalue weighted by atomic mass is 9.86. The van der Waals surface area contributed by atoms with Gasteiger partial charge >= 0.3 is 12.0 Å². The molecule has 1 atom stereocenters. The van der Waals surface area contributed by atoms with Gasteiger partial charge in [0.1, 0.15) is 11.8 Å². The van der Waals surface area contributed by atoms with Crippen LogP contribution in [0.25, 0.3) is 0 Å². The third kappa shape index (κ3) is 4.21. The number of urea groups is 1. The number of carboxylic acid groups (broad SMARTS) is 1. The number of rotatable bonds is 4. The molecule has 1 aliphatic rings. The second-order valence-corrected chi connectivity index (χ2v) is 5.54. The molecule has 21 heavy (non-hydrogen) atoms. The number of hydrogen-bond acceptors (Lipinski definition) is 4. The maximum Gasteiger partial charge on any atom is 0.315 e. The first-order valence-corrected chi connectivity index (χ1v) is 7.18. The molecule has 7 heteroatoms. The van der Waals surface area contributed by atoms with E-state index in [4.69, 9.17) is 9.52 Å². The molecule has 1 saturated carbocycles. The molecular formula is C14H21N3O4. The molecule has 0 saturated heterocycles. The molecular weight excluding hydrogens is 274 g/mol. The van der Waals surface area contributed by atoms with Crippen LogP contribution in [-0.4, -0.2) is 28.1 Å². The Hall–Kier alpha value is -2.05. The maximum absolute atomic E-state index is 11.9. The molecule has 2 rings (SSSR count). The highest BCUT2D eigenvalue weighted by atomic mass is 16.4. The summed E-state index contributed by atoms with van der Waals surface area (Å²) < 4.78 is 5.36. The molecule has 1 heterocycles. The molecule has 1 aromatic rings. The highest BCUT2D eigenvalue weighted by Gasteiger charge is 2.27. The molecule has 0 radical (unpaired) electrons. The molecule has 1 unspecified atom stereocenters. The minimum atomic E-state index is -0.745. The summed E-state index contributed by atoms with van der Waals surface area (Å²) in [5, 5.41) is 14.6. The van der Waals surface area contributed by atoms with Gasteiger partial charge in [0.2, 0.25) is 5.89 Å². The first kappa shape index (κ1) is 15.3. The average Bonchev–Trinajstić information content (AvgIpc) is 2.86. The topological polar surface area (TPSA) is 104 Å². The van der Waals surface area contributed by atoms with Crippen LogP contribution in [0.1, 0.15) is 50.3 Å². The molecule has 1 aliphatic carbocycles. The van der Waals surface area contributed by atoms with E-state index < -0.39 is 5.97 Å². The van der Waals surface area contributed by atoms with Gasteiger partial charge in [0.15, 0.2) is 0 Å². The first-order valence-electron chi connectivity index (χ1n) is 7.18. The van der Waals surface area contributed by atoms with Crippen molar-refractivity contribution in [2.45, 2.75) is 51.6 Å². The van der Waals surface area contributed by atoms with Gasteiger partial charge in [-0.25, -0.2) is 9.78 Å². The fourth-order valence-electron chi connectivity index (χ4n) is 2.54. The van der Waals surface area contributed by atoms with Gasteiger partial charge in [0.25, 0.3) is 0 Å². The average molecular weight is 295 g/mol. The molecule has 0 aliphatic heterocycles. The molecule has 2 amide bonds. The Morgan fingerprint density at radius 3 is 2.57 bits per heavy atom. The molecule has 0 spiro atoms. The largest absolute Gasteiger partial charge is 0.481 e. The summed E-state index contributed by atoms with van der Waals surface area (Å²) >= 11 is 0.